The van der Waals surface area contributed by atoms with Crippen LogP contribution in [-0.2, 0) is 4.79 Å². The summed E-state index contributed by atoms with van der Waals surface area (Å²) in [5, 5.41) is 15.5. The van der Waals surface area contributed by atoms with E-state index >= 15 is 0 Å². The molecule has 2 unspecified atom stereocenters. The monoisotopic (exact) mass is 355 g/mol. The highest BCUT2D eigenvalue weighted by molar-refractivity contribution is 9.10. The third-order valence-corrected chi connectivity index (χ3v) is 4.29. The number of nitrogens with one attached hydrogen (secondary N) is 2. The standard InChI is InChI=1S/C15H22BrN3O2/c1-4-17-14-10-7-11(16)13(8-12(10)18-15(14)21)19(3)6-5-9(2)20/h7-9,14,17,20H,4-6H2,1-3H3,(H,18,21). The van der Waals surface area contributed by atoms with E-state index in [4.69, 9.17) is 0 Å². The van der Waals surface area contributed by atoms with E-state index in [9.17, 15) is 9.90 Å². The summed E-state index contributed by atoms with van der Waals surface area (Å²) in [5.74, 6) is -0.0115. The van der Waals surface area contributed by atoms with Gasteiger partial charge in [0.15, 0.2) is 0 Å². The van der Waals surface area contributed by atoms with Gasteiger partial charge in [0.2, 0.25) is 5.91 Å². The number of rotatable bonds is 6. The van der Waals surface area contributed by atoms with Crippen molar-refractivity contribution in [1.82, 2.24) is 5.32 Å². The lowest BCUT2D eigenvalue weighted by atomic mass is 10.1. The van der Waals surface area contributed by atoms with Crippen molar-refractivity contribution in [3.05, 3.63) is 22.2 Å². The minimum atomic E-state index is -0.321. The van der Waals surface area contributed by atoms with Crippen LogP contribution in [0.25, 0.3) is 0 Å². The Morgan fingerprint density at radius 3 is 2.86 bits per heavy atom. The maximum absolute atomic E-state index is 12.0. The molecule has 1 heterocycles. The Kier molecular flexibility index (Phi) is 5.24. The minimum absolute atomic E-state index is 0.0115. The third kappa shape index (κ3) is 3.56. The van der Waals surface area contributed by atoms with E-state index in [1.165, 1.54) is 0 Å². The van der Waals surface area contributed by atoms with Crippen LogP contribution >= 0.6 is 15.9 Å². The lowest BCUT2D eigenvalue weighted by Gasteiger charge is -2.22. The molecule has 1 aliphatic rings. The molecule has 21 heavy (non-hydrogen) atoms. The fourth-order valence-electron chi connectivity index (χ4n) is 2.47. The van der Waals surface area contributed by atoms with Crippen LogP contribution in [0.15, 0.2) is 16.6 Å². The van der Waals surface area contributed by atoms with Gasteiger partial charge in [-0.25, -0.2) is 0 Å². The molecule has 5 nitrogen and oxygen atoms in total. The first-order valence-electron chi connectivity index (χ1n) is 7.21. The zero-order chi connectivity index (χ0) is 15.6. The lowest BCUT2D eigenvalue weighted by molar-refractivity contribution is -0.117. The summed E-state index contributed by atoms with van der Waals surface area (Å²) in [6, 6.07) is 3.70. The highest BCUT2D eigenvalue weighted by Crippen LogP contribution is 2.38. The van der Waals surface area contributed by atoms with Crippen LogP contribution in [0.5, 0.6) is 0 Å². The summed E-state index contributed by atoms with van der Waals surface area (Å²) in [5.41, 5.74) is 2.83. The van der Waals surface area contributed by atoms with Crippen molar-refractivity contribution < 1.29 is 9.90 Å². The SMILES string of the molecule is CCNC1C(=O)Nc2cc(N(C)CCC(C)O)c(Br)cc21. The number of carbonyl (C=O) groups excluding carboxylic acids is 1. The predicted octanol–water partition coefficient (Wildman–Crippen LogP) is 2.26. The van der Waals surface area contributed by atoms with E-state index in [1.54, 1.807) is 6.92 Å². The molecule has 1 aliphatic heterocycles. The van der Waals surface area contributed by atoms with Gasteiger partial charge < -0.3 is 20.6 Å². The van der Waals surface area contributed by atoms with E-state index in [-0.39, 0.29) is 18.1 Å². The molecular formula is C15H22BrN3O2. The number of likely N-dealkylation sites (N-methyl/N-ethyl adjacent to an activating group) is 1. The second-order valence-electron chi connectivity index (χ2n) is 5.43. The lowest BCUT2D eigenvalue weighted by Crippen LogP contribution is -2.27. The highest BCUT2D eigenvalue weighted by Gasteiger charge is 2.31. The number of anilines is 2. The molecule has 0 bridgehead atoms. The predicted molar refractivity (Wildman–Crippen MR) is 88.8 cm³/mol. The summed E-state index contributed by atoms with van der Waals surface area (Å²) in [7, 11) is 1.98. The molecule has 0 aliphatic carbocycles. The number of hydrogen-bond acceptors (Lipinski definition) is 4. The topological polar surface area (TPSA) is 64.6 Å². The Labute approximate surface area is 133 Å². The normalized spacial score (nSPS) is 18.3. The maximum atomic E-state index is 12.0. The first-order chi connectivity index (χ1) is 9.93. The second-order valence-corrected chi connectivity index (χ2v) is 6.28. The first-order valence-corrected chi connectivity index (χ1v) is 8.00. The molecule has 6 heteroatoms. The van der Waals surface area contributed by atoms with E-state index < -0.39 is 0 Å². The summed E-state index contributed by atoms with van der Waals surface area (Å²) in [4.78, 5) is 14.1. The van der Waals surface area contributed by atoms with Gasteiger partial charge in [0.25, 0.3) is 0 Å². The number of carbonyl (C=O) groups is 1. The quantitative estimate of drug-likeness (QED) is 0.732. The molecular weight excluding hydrogens is 334 g/mol. The minimum Gasteiger partial charge on any atom is -0.393 e. The van der Waals surface area contributed by atoms with Gasteiger partial charge in [0.1, 0.15) is 6.04 Å². The fraction of sp³-hybridized carbons (Fsp3) is 0.533. The number of halogens is 1. The van der Waals surface area contributed by atoms with Crippen molar-refractivity contribution in [3.8, 4) is 0 Å². The third-order valence-electron chi connectivity index (χ3n) is 3.65. The zero-order valence-corrected chi connectivity index (χ0v) is 14.2. The van der Waals surface area contributed by atoms with E-state index in [1.807, 2.05) is 26.1 Å². The zero-order valence-electron chi connectivity index (χ0n) is 12.6. The Morgan fingerprint density at radius 2 is 2.24 bits per heavy atom. The number of aliphatic hydroxyl groups is 1. The van der Waals surface area contributed by atoms with E-state index in [0.717, 1.165) is 34.5 Å². The smallest absolute Gasteiger partial charge is 0.246 e. The van der Waals surface area contributed by atoms with Crippen molar-refractivity contribution in [2.45, 2.75) is 32.4 Å². The average molecular weight is 356 g/mol. The van der Waals surface area contributed by atoms with Crippen LogP contribution in [0.2, 0.25) is 0 Å². The first kappa shape index (κ1) is 16.3. The van der Waals surface area contributed by atoms with Gasteiger partial charge in [-0.15, -0.1) is 0 Å². The Morgan fingerprint density at radius 1 is 1.52 bits per heavy atom. The molecule has 0 fully saturated rings. The van der Waals surface area contributed by atoms with Gasteiger partial charge >= 0.3 is 0 Å². The molecule has 116 valence electrons. The van der Waals surface area contributed by atoms with Crippen LogP contribution in [-0.4, -0.2) is 37.3 Å². The van der Waals surface area contributed by atoms with Crippen LogP contribution in [0.1, 0.15) is 31.9 Å². The molecule has 0 saturated carbocycles. The maximum Gasteiger partial charge on any atom is 0.246 e. The van der Waals surface area contributed by atoms with Gasteiger partial charge in [-0.05, 0) is 48.0 Å². The van der Waals surface area contributed by atoms with E-state index in [2.05, 4.69) is 31.5 Å². The second kappa shape index (κ2) is 6.77. The molecule has 0 radical (unpaired) electrons. The number of fused-ring (bicyclic) bond motifs is 1. The van der Waals surface area contributed by atoms with Gasteiger partial charge in [0, 0.05) is 29.3 Å². The van der Waals surface area contributed by atoms with Crippen molar-refractivity contribution in [3.63, 3.8) is 0 Å². The van der Waals surface area contributed by atoms with Crippen molar-refractivity contribution in [1.29, 1.82) is 0 Å². The molecule has 2 atom stereocenters. The Hall–Kier alpha value is -1.11. The molecule has 1 aromatic rings. The van der Waals surface area contributed by atoms with Crippen LogP contribution in [0.3, 0.4) is 0 Å². The largest absolute Gasteiger partial charge is 0.393 e. The van der Waals surface area contributed by atoms with Crippen LogP contribution in [0.4, 0.5) is 11.4 Å². The number of amides is 1. The number of aliphatic hydroxyl groups excluding tert-OH is 1. The van der Waals surface area contributed by atoms with Gasteiger partial charge in [-0.2, -0.15) is 0 Å². The molecule has 2 rings (SSSR count). The van der Waals surface area contributed by atoms with Crippen LogP contribution < -0.4 is 15.5 Å². The Bertz CT molecular complexity index is 534. The number of nitrogens with zero attached hydrogens (tertiary/aromatic N) is 1. The molecule has 0 spiro atoms. The number of benzene rings is 1. The number of hydrogen-bond donors (Lipinski definition) is 3. The summed E-state index contributed by atoms with van der Waals surface area (Å²) in [6.07, 6.45) is 0.380. The molecule has 0 saturated heterocycles. The van der Waals surface area contributed by atoms with Crippen LogP contribution in [0, 0.1) is 0 Å². The molecule has 3 N–H and O–H groups in total. The molecule has 0 aromatic heterocycles. The highest BCUT2D eigenvalue weighted by atomic mass is 79.9. The summed E-state index contributed by atoms with van der Waals surface area (Å²) >= 11 is 3.59. The summed E-state index contributed by atoms with van der Waals surface area (Å²) < 4.78 is 0.953. The Balaban J connectivity index is 2.24. The molecule has 1 amide bonds. The molecule has 1 aromatic carbocycles. The average Bonchev–Trinajstić information content (AvgIpc) is 2.72. The van der Waals surface area contributed by atoms with Gasteiger partial charge in [-0.1, -0.05) is 6.92 Å². The van der Waals surface area contributed by atoms with Crippen molar-refractivity contribution >= 4 is 33.2 Å². The van der Waals surface area contributed by atoms with Gasteiger partial charge in [-0.3, -0.25) is 4.79 Å². The summed E-state index contributed by atoms with van der Waals surface area (Å²) in [6.45, 7) is 5.26. The van der Waals surface area contributed by atoms with Crippen molar-refractivity contribution in [2.24, 2.45) is 0 Å². The van der Waals surface area contributed by atoms with Crippen molar-refractivity contribution in [2.75, 3.05) is 30.4 Å². The van der Waals surface area contributed by atoms with E-state index in [0.29, 0.717) is 6.42 Å². The fourth-order valence-corrected chi connectivity index (χ4v) is 3.13. The van der Waals surface area contributed by atoms with Gasteiger partial charge in [0.05, 0.1) is 11.8 Å².